The average molecular weight is 153 g/mol. The minimum atomic E-state index is 0.442. The molecule has 1 aliphatic heterocycles. The monoisotopic (exact) mass is 153 g/mol. The van der Waals surface area contributed by atoms with Gasteiger partial charge in [-0.2, -0.15) is 0 Å². The quantitative estimate of drug-likeness (QED) is 0.505. The largest absolute Gasteiger partial charge is 0.404 e. The first kappa shape index (κ1) is 8.27. The van der Waals surface area contributed by atoms with Crippen LogP contribution in [0.4, 0.5) is 0 Å². The van der Waals surface area contributed by atoms with Crippen molar-refractivity contribution >= 4 is 6.21 Å². The third kappa shape index (κ3) is 1.60. The van der Waals surface area contributed by atoms with Crippen molar-refractivity contribution in [2.24, 2.45) is 11.7 Å². The summed E-state index contributed by atoms with van der Waals surface area (Å²) in [7, 11) is 0. The summed E-state index contributed by atoms with van der Waals surface area (Å²) in [6, 6.07) is 0.464. The van der Waals surface area contributed by atoms with Gasteiger partial charge < -0.3 is 16.5 Å². The Kier molecular flexibility index (Phi) is 2.65. The molecule has 0 aromatic rings. The zero-order valence-electron chi connectivity index (χ0n) is 6.80. The van der Waals surface area contributed by atoms with E-state index in [0.717, 1.165) is 18.5 Å². The second-order valence-electron chi connectivity index (χ2n) is 2.95. The molecule has 3 nitrogen and oxygen atoms in total. The summed E-state index contributed by atoms with van der Waals surface area (Å²) in [5.41, 5.74) is 6.33. The van der Waals surface area contributed by atoms with E-state index in [1.807, 2.05) is 0 Å². The molecule has 0 bridgehead atoms. The van der Waals surface area contributed by atoms with Gasteiger partial charge in [0.25, 0.3) is 0 Å². The number of nitrogens with one attached hydrogen (secondary N) is 2. The van der Waals surface area contributed by atoms with Crippen molar-refractivity contribution in [3.63, 3.8) is 0 Å². The topological polar surface area (TPSA) is 61.9 Å². The summed E-state index contributed by atoms with van der Waals surface area (Å²) < 4.78 is 0. The molecule has 62 valence electrons. The molecule has 2 atom stereocenters. The Morgan fingerprint density at radius 1 is 1.73 bits per heavy atom. The fourth-order valence-electron chi connectivity index (χ4n) is 1.59. The summed E-state index contributed by atoms with van der Waals surface area (Å²) in [6.45, 7) is 3.17. The lowest BCUT2D eigenvalue weighted by molar-refractivity contribution is 0.556. The highest BCUT2D eigenvalue weighted by atomic mass is 14.9. The van der Waals surface area contributed by atoms with Crippen LogP contribution in [0.15, 0.2) is 11.8 Å². The zero-order chi connectivity index (χ0) is 8.27. The second kappa shape index (κ2) is 3.53. The minimum Gasteiger partial charge on any atom is -0.404 e. The molecule has 1 rings (SSSR count). The lowest BCUT2D eigenvalue weighted by Gasteiger charge is -2.14. The molecule has 1 aliphatic rings. The third-order valence-corrected chi connectivity index (χ3v) is 2.31. The first-order chi connectivity index (χ1) is 5.29. The Labute approximate surface area is 67.2 Å². The molecule has 11 heavy (non-hydrogen) atoms. The molecule has 0 saturated carbocycles. The predicted octanol–water partition coefficient (Wildman–Crippen LogP) is 0.477. The van der Waals surface area contributed by atoms with Gasteiger partial charge in [-0.3, -0.25) is 0 Å². The van der Waals surface area contributed by atoms with E-state index in [2.05, 4.69) is 12.2 Å². The van der Waals surface area contributed by atoms with Gasteiger partial charge in [-0.15, -0.1) is 0 Å². The summed E-state index contributed by atoms with van der Waals surface area (Å²) in [5.74, 6) is 0.442. The van der Waals surface area contributed by atoms with E-state index in [4.69, 9.17) is 11.1 Å². The third-order valence-electron chi connectivity index (χ3n) is 2.31. The highest BCUT2D eigenvalue weighted by Crippen LogP contribution is 2.21. The fraction of sp³-hybridized carbons (Fsp3) is 0.625. The first-order valence-corrected chi connectivity index (χ1v) is 3.95. The van der Waals surface area contributed by atoms with Crippen molar-refractivity contribution < 1.29 is 0 Å². The van der Waals surface area contributed by atoms with Gasteiger partial charge in [0.05, 0.1) is 0 Å². The van der Waals surface area contributed by atoms with E-state index in [0.29, 0.717) is 12.0 Å². The molecular weight excluding hydrogens is 138 g/mol. The van der Waals surface area contributed by atoms with E-state index in [1.54, 1.807) is 6.20 Å². The number of hydrogen-bond donors (Lipinski definition) is 3. The Balaban J connectivity index is 2.65. The lowest BCUT2D eigenvalue weighted by atomic mass is 9.94. The highest BCUT2D eigenvalue weighted by Gasteiger charge is 2.24. The average Bonchev–Trinajstić information content (AvgIpc) is 2.40. The maximum atomic E-state index is 7.11. The van der Waals surface area contributed by atoms with E-state index < -0.39 is 0 Å². The molecule has 0 amide bonds. The van der Waals surface area contributed by atoms with Gasteiger partial charge >= 0.3 is 0 Å². The van der Waals surface area contributed by atoms with Crippen LogP contribution in [-0.2, 0) is 0 Å². The molecule has 0 aromatic heterocycles. The normalized spacial score (nSPS) is 32.3. The molecule has 0 aromatic carbocycles. The standard InChI is InChI=1S/C8H15N3/c1-6-8(2-3-11-6)7(4-9)5-10/h4-6,8-9,11H,2-3,10H2,1H3/b7-5+,9-4?. The molecule has 0 aliphatic carbocycles. The molecule has 1 heterocycles. The van der Waals surface area contributed by atoms with Crippen LogP contribution in [0.1, 0.15) is 13.3 Å². The Morgan fingerprint density at radius 3 is 2.82 bits per heavy atom. The predicted molar refractivity (Wildman–Crippen MR) is 46.6 cm³/mol. The lowest BCUT2D eigenvalue weighted by Crippen LogP contribution is -2.24. The summed E-state index contributed by atoms with van der Waals surface area (Å²) >= 11 is 0. The highest BCUT2D eigenvalue weighted by molar-refractivity contribution is 5.76. The first-order valence-electron chi connectivity index (χ1n) is 3.95. The summed E-state index contributed by atoms with van der Waals surface area (Å²) in [6.07, 6.45) is 3.99. The zero-order valence-corrected chi connectivity index (χ0v) is 6.80. The van der Waals surface area contributed by atoms with Gasteiger partial charge in [-0.25, -0.2) is 0 Å². The number of nitrogens with two attached hydrogens (primary N) is 1. The maximum Gasteiger partial charge on any atom is 0.0227 e. The fourth-order valence-corrected chi connectivity index (χ4v) is 1.59. The van der Waals surface area contributed by atoms with Gasteiger partial charge in [0, 0.05) is 18.2 Å². The van der Waals surface area contributed by atoms with E-state index in [-0.39, 0.29) is 0 Å². The van der Waals surface area contributed by atoms with E-state index >= 15 is 0 Å². The van der Waals surface area contributed by atoms with Crippen molar-refractivity contribution in [2.75, 3.05) is 6.54 Å². The van der Waals surface area contributed by atoms with Crippen LogP contribution in [-0.4, -0.2) is 18.8 Å². The van der Waals surface area contributed by atoms with Crippen LogP contribution >= 0.6 is 0 Å². The molecule has 0 radical (unpaired) electrons. The Morgan fingerprint density at radius 2 is 2.45 bits per heavy atom. The van der Waals surface area contributed by atoms with Crippen LogP contribution in [0.25, 0.3) is 0 Å². The van der Waals surface area contributed by atoms with Crippen molar-refractivity contribution in [3.8, 4) is 0 Å². The number of hydrogen-bond acceptors (Lipinski definition) is 3. The smallest absolute Gasteiger partial charge is 0.0227 e. The van der Waals surface area contributed by atoms with Crippen molar-refractivity contribution in [2.45, 2.75) is 19.4 Å². The van der Waals surface area contributed by atoms with Crippen LogP contribution in [0, 0.1) is 11.3 Å². The van der Waals surface area contributed by atoms with Crippen LogP contribution in [0.2, 0.25) is 0 Å². The van der Waals surface area contributed by atoms with E-state index in [1.165, 1.54) is 6.21 Å². The van der Waals surface area contributed by atoms with Gasteiger partial charge in [0.1, 0.15) is 0 Å². The van der Waals surface area contributed by atoms with Gasteiger partial charge in [-0.1, -0.05) is 0 Å². The second-order valence-corrected chi connectivity index (χ2v) is 2.95. The van der Waals surface area contributed by atoms with Gasteiger partial charge in [0.2, 0.25) is 0 Å². The molecular formula is C8H15N3. The maximum absolute atomic E-state index is 7.11. The van der Waals surface area contributed by atoms with Crippen LogP contribution < -0.4 is 11.1 Å². The van der Waals surface area contributed by atoms with Crippen molar-refractivity contribution in [1.29, 1.82) is 5.41 Å². The van der Waals surface area contributed by atoms with Crippen LogP contribution in [0.5, 0.6) is 0 Å². The van der Waals surface area contributed by atoms with E-state index in [9.17, 15) is 0 Å². The van der Waals surface area contributed by atoms with Gasteiger partial charge in [0.15, 0.2) is 0 Å². The SMILES string of the molecule is CC1NCCC1/C(C=N)=C/N. The van der Waals surface area contributed by atoms with Gasteiger partial charge in [-0.05, 0) is 31.7 Å². The Bertz CT molecular complexity index is 174. The Hall–Kier alpha value is -0.830. The van der Waals surface area contributed by atoms with Crippen molar-refractivity contribution in [3.05, 3.63) is 11.8 Å². The summed E-state index contributed by atoms with van der Waals surface area (Å²) in [4.78, 5) is 0. The molecule has 1 saturated heterocycles. The molecule has 0 spiro atoms. The molecule has 2 unspecified atom stereocenters. The molecule has 1 fully saturated rings. The molecule has 4 N–H and O–H groups in total. The number of rotatable bonds is 2. The van der Waals surface area contributed by atoms with Crippen LogP contribution in [0.3, 0.4) is 0 Å². The minimum absolute atomic E-state index is 0.442. The summed E-state index contributed by atoms with van der Waals surface area (Å²) in [5, 5.41) is 10.4. The van der Waals surface area contributed by atoms with Crippen molar-refractivity contribution in [1.82, 2.24) is 5.32 Å². The molecule has 3 heteroatoms.